The van der Waals surface area contributed by atoms with E-state index >= 15 is 0 Å². The Balaban J connectivity index is 2.01. The van der Waals surface area contributed by atoms with Gasteiger partial charge in [-0.1, -0.05) is 84.2 Å². The maximum Gasteiger partial charge on any atom is 0.243 e. The van der Waals surface area contributed by atoms with Gasteiger partial charge in [-0.25, -0.2) is 8.42 Å². The minimum atomic E-state index is -3.96. The number of likely N-dealkylation sites (N-methyl/N-ethyl adjacent to an activating group) is 1. The van der Waals surface area contributed by atoms with E-state index in [0.29, 0.717) is 22.0 Å². The van der Waals surface area contributed by atoms with E-state index in [1.807, 2.05) is 51.1 Å². The van der Waals surface area contributed by atoms with Crippen molar-refractivity contribution >= 4 is 45.0 Å². The van der Waals surface area contributed by atoms with Crippen LogP contribution in [0.1, 0.15) is 37.0 Å². The van der Waals surface area contributed by atoms with Crippen LogP contribution in [0, 0.1) is 6.92 Å². The number of carbonyl (C=O) groups excluding carboxylic acids is 2. The molecular weight excluding hydrogens is 569 g/mol. The number of hydrogen-bond acceptors (Lipinski definition) is 4. The fourth-order valence-electron chi connectivity index (χ4n) is 4.08. The molecule has 0 radical (unpaired) electrons. The number of rotatable bonds is 12. The lowest BCUT2D eigenvalue weighted by molar-refractivity contribution is -0.141. The molecule has 214 valence electrons. The first-order valence-electron chi connectivity index (χ1n) is 13.0. The minimum absolute atomic E-state index is 0.0152. The molecule has 3 rings (SSSR count). The third-order valence-electron chi connectivity index (χ3n) is 6.72. The average molecular weight is 605 g/mol. The molecule has 0 aliphatic rings. The summed E-state index contributed by atoms with van der Waals surface area (Å²) < 4.78 is 27.5. The van der Waals surface area contributed by atoms with E-state index in [1.54, 1.807) is 30.3 Å². The first kappa shape index (κ1) is 31.6. The molecule has 0 bridgehead atoms. The standard InChI is InChI=1S/C30H35Cl2N3O4S/c1-5-22(3)33-30(37)28(17-23-9-7-6-8-10-23)35(19-24-13-14-25(31)18-27(24)32)29(36)20-34(4)40(38,39)26-15-11-21(2)12-16-26/h6-16,18,22,28H,5,17,19-20H2,1-4H3,(H,33,37)/t22-,28+/m0/s1. The van der Waals surface area contributed by atoms with Crippen molar-refractivity contribution in [3.8, 4) is 0 Å². The van der Waals surface area contributed by atoms with E-state index in [0.717, 1.165) is 15.4 Å². The molecule has 7 nitrogen and oxygen atoms in total. The lowest BCUT2D eigenvalue weighted by Gasteiger charge is -2.33. The van der Waals surface area contributed by atoms with Gasteiger partial charge in [0.25, 0.3) is 0 Å². The van der Waals surface area contributed by atoms with Crippen LogP contribution in [0.2, 0.25) is 10.0 Å². The van der Waals surface area contributed by atoms with Crippen LogP contribution in [0.25, 0.3) is 0 Å². The van der Waals surface area contributed by atoms with Gasteiger partial charge in [0.15, 0.2) is 0 Å². The van der Waals surface area contributed by atoms with Gasteiger partial charge in [-0.15, -0.1) is 0 Å². The summed E-state index contributed by atoms with van der Waals surface area (Å²) in [6.45, 7) is 5.23. The molecule has 1 N–H and O–H groups in total. The highest BCUT2D eigenvalue weighted by molar-refractivity contribution is 7.89. The fraction of sp³-hybridized carbons (Fsp3) is 0.333. The largest absolute Gasteiger partial charge is 0.352 e. The molecule has 2 atom stereocenters. The lowest BCUT2D eigenvalue weighted by atomic mass is 10.0. The summed E-state index contributed by atoms with van der Waals surface area (Å²) >= 11 is 12.6. The van der Waals surface area contributed by atoms with Gasteiger partial charge >= 0.3 is 0 Å². The van der Waals surface area contributed by atoms with E-state index < -0.39 is 28.5 Å². The summed E-state index contributed by atoms with van der Waals surface area (Å²) in [5.74, 6) is -0.870. The molecule has 10 heteroatoms. The SMILES string of the molecule is CC[C@H](C)NC(=O)[C@@H](Cc1ccccc1)N(Cc1ccc(Cl)cc1Cl)C(=O)CN(C)S(=O)(=O)c1ccc(C)cc1. The quantitative estimate of drug-likeness (QED) is 0.297. The van der Waals surface area contributed by atoms with Crippen molar-refractivity contribution in [3.63, 3.8) is 0 Å². The van der Waals surface area contributed by atoms with Crippen LogP contribution in [0.4, 0.5) is 0 Å². The maximum absolute atomic E-state index is 13.9. The lowest BCUT2D eigenvalue weighted by Crippen LogP contribution is -2.54. The van der Waals surface area contributed by atoms with Gasteiger partial charge in [-0.3, -0.25) is 9.59 Å². The summed E-state index contributed by atoms with van der Waals surface area (Å²) in [6, 6.07) is 19.7. The summed E-state index contributed by atoms with van der Waals surface area (Å²) in [7, 11) is -2.60. The van der Waals surface area contributed by atoms with Gasteiger partial charge in [0.2, 0.25) is 21.8 Å². The van der Waals surface area contributed by atoms with Crippen LogP contribution in [0.5, 0.6) is 0 Å². The zero-order valence-electron chi connectivity index (χ0n) is 23.1. The number of carbonyl (C=O) groups is 2. The molecule has 0 heterocycles. The molecule has 2 amide bonds. The van der Waals surface area contributed by atoms with Crippen molar-refractivity contribution in [3.05, 3.63) is 99.5 Å². The van der Waals surface area contributed by atoms with E-state index in [4.69, 9.17) is 23.2 Å². The van der Waals surface area contributed by atoms with Crippen molar-refractivity contribution in [1.82, 2.24) is 14.5 Å². The van der Waals surface area contributed by atoms with E-state index in [2.05, 4.69) is 5.32 Å². The molecule has 40 heavy (non-hydrogen) atoms. The zero-order chi connectivity index (χ0) is 29.4. The third kappa shape index (κ3) is 8.30. The van der Waals surface area contributed by atoms with Crippen molar-refractivity contribution in [1.29, 1.82) is 0 Å². The van der Waals surface area contributed by atoms with E-state index in [9.17, 15) is 18.0 Å². The van der Waals surface area contributed by atoms with Gasteiger partial charge < -0.3 is 10.2 Å². The predicted octanol–water partition coefficient (Wildman–Crippen LogP) is 5.48. The third-order valence-corrected chi connectivity index (χ3v) is 9.12. The fourth-order valence-corrected chi connectivity index (χ4v) is 5.67. The van der Waals surface area contributed by atoms with Gasteiger partial charge in [-0.2, -0.15) is 4.31 Å². The highest BCUT2D eigenvalue weighted by Gasteiger charge is 2.33. The Bertz CT molecular complexity index is 1420. The van der Waals surface area contributed by atoms with Gasteiger partial charge in [0, 0.05) is 36.1 Å². The van der Waals surface area contributed by atoms with Gasteiger partial charge in [-0.05, 0) is 55.7 Å². The first-order valence-corrected chi connectivity index (χ1v) is 15.2. The number of hydrogen-bond donors (Lipinski definition) is 1. The highest BCUT2D eigenvalue weighted by Crippen LogP contribution is 2.25. The van der Waals surface area contributed by atoms with Crippen LogP contribution in [0.15, 0.2) is 77.7 Å². The van der Waals surface area contributed by atoms with Crippen molar-refractivity contribution < 1.29 is 18.0 Å². The first-order chi connectivity index (χ1) is 18.9. The molecule has 0 unspecified atom stereocenters. The molecule has 0 aromatic heterocycles. The second kappa shape index (κ2) is 14.1. The molecule has 0 saturated carbocycles. The Hall–Kier alpha value is -2.91. The molecule has 3 aromatic rings. The van der Waals surface area contributed by atoms with Crippen molar-refractivity contribution in [2.45, 2.75) is 57.1 Å². The Kier molecular flexibility index (Phi) is 11.2. The number of amides is 2. The number of halogens is 2. The van der Waals surface area contributed by atoms with Crippen LogP contribution in [0.3, 0.4) is 0 Å². The molecule has 0 fully saturated rings. The average Bonchev–Trinajstić information content (AvgIpc) is 2.92. The number of benzene rings is 3. The van der Waals surface area contributed by atoms with Crippen LogP contribution in [-0.4, -0.2) is 55.1 Å². The van der Waals surface area contributed by atoms with Crippen LogP contribution in [-0.2, 0) is 32.6 Å². The zero-order valence-corrected chi connectivity index (χ0v) is 25.4. The Morgan fingerprint density at radius 3 is 2.23 bits per heavy atom. The number of nitrogens with zero attached hydrogens (tertiary/aromatic N) is 2. The molecule has 0 aliphatic heterocycles. The Morgan fingerprint density at radius 2 is 1.62 bits per heavy atom. The molecular formula is C30H35Cl2N3O4S. The van der Waals surface area contributed by atoms with Gasteiger partial charge in [0.1, 0.15) is 6.04 Å². The molecule has 0 saturated heterocycles. The Labute approximate surface area is 247 Å². The normalized spacial score (nSPS) is 13.1. The van der Waals surface area contributed by atoms with Crippen LogP contribution < -0.4 is 5.32 Å². The second-order valence-corrected chi connectivity index (χ2v) is 12.7. The molecule has 3 aromatic carbocycles. The minimum Gasteiger partial charge on any atom is -0.352 e. The second-order valence-electron chi connectivity index (χ2n) is 9.85. The Morgan fingerprint density at radius 1 is 0.975 bits per heavy atom. The smallest absolute Gasteiger partial charge is 0.243 e. The number of aryl methyl sites for hydroxylation is 1. The van der Waals surface area contributed by atoms with Crippen molar-refractivity contribution in [2.24, 2.45) is 0 Å². The number of nitrogens with one attached hydrogen (secondary N) is 1. The van der Waals surface area contributed by atoms with E-state index in [1.165, 1.54) is 24.1 Å². The monoisotopic (exact) mass is 603 g/mol. The summed E-state index contributed by atoms with van der Waals surface area (Å²) in [6.07, 6.45) is 0.937. The summed E-state index contributed by atoms with van der Waals surface area (Å²) in [5.41, 5.74) is 2.35. The predicted molar refractivity (Wildman–Crippen MR) is 160 cm³/mol. The topological polar surface area (TPSA) is 86.8 Å². The van der Waals surface area contributed by atoms with E-state index in [-0.39, 0.29) is 29.8 Å². The summed E-state index contributed by atoms with van der Waals surface area (Å²) in [5, 5.41) is 3.77. The molecule has 0 spiro atoms. The summed E-state index contributed by atoms with van der Waals surface area (Å²) in [4.78, 5) is 29.1. The van der Waals surface area contributed by atoms with Crippen LogP contribution >= 0.6 is 23.2 Å². The maximum atomic E-state index is 13.9. The highest BCUT2D eigenvalue weighted by atomic mass is 35.5. The van der Waals surface area contributed by atoms with Gasteiger partial charge in [0.05, 0.1) is 11.4 Å². The molecule has 0 aliphatic carbocycles. The number of sulfonamides is 1. The van der Waals surface area contributed by atoms with Crippen molar-refractivity contribution in [2.75, 3.05) is 13.6 Å².